The molecule has 10 nitrogen and oxygen atoms in total. The van der Waals surface area contributed by atoms with E-state index in [0.29, 0.717) is 30.1 Å². The van der Waals surface area contributed by atoms with Crippen LogP contribution in [0, 0.1) is 0 Å². The standard InChI is InChI=1S/C24H34N4O6S2/c1-14(2)33-22(29)25-16-8-9-17(20(12-16)36(31,32)27-24(5,6)7)21-26-18-10-11-28(13-19(18)35-21)23(30)34-15(3)4/h8-9,12,14-15,27H,10-11,13H2,1-7H3,(H,25,29). The van der Waals surface area contributed by atoms with Gasteiger partial charge < -0.3 is 14.4 Å². The molecule has 3 rings (SSSR count). The van der Waals surface area contributed by atoms with Crippen molar-refractivity contribution >= 4 is 39.2 Å². The molecule has 2 N–H and O–H groups in total. The summed E-state index contributed by atoms with van der Waals surface area (Å²) in [4.78, 5) is 31.7. The van der Waals surface area contributed by atoms with Crippen LogP contribution in [-0.4, -0.2) is 54.8 Å². The predicted molar refractivity (Wildman–Crippen MR) is 139 cm³/mol. The maximum atomic E-state index is 13.4. The molecule has 0 saturated heterocycles. The van der Waals surface area contributed by atoms with Crippen molar-refractivity contribution in [1.82, 2.24) is 14.6 Å². The third-order valence-electron chi connectivity index (χ3n) is 4.86. The zero-order chi connectivity index (χ0) is 26.8. The van der Waals surface area contributed by atoms with E-state index < -0.39 is 21.7 Å². The van der Waals surface area contributed by atoms with E-state index in [4.69, 9.17) is 14.5 Å². The monoisotopic (exact) mass is 538 g/mol. The molecule has 0 spiro atoms. The first-order chi connectivity index (χ1) is 16.6. The van der Waals surface area contributed by atoms with Gasteiger partial charge in [-0.25, -0.2) is 27.7 Å². The molecular formula is C24H34N4O6S2. The first kappa shape index (κ1) is 27.9. The van der Waals surface area contributed by atoms with E-state index in [9.17, 15) is 18.0 Å². The second-order valence-electron chi connectivity index (χ2n) is 10.1. The molecule has 0 bridgehead atoms. The second kappa shape index (κ2) is 10.7. The van der Waals surface area contributed by atoms with Crippen molar-refractivity contribution in [2.75, 3.05) is 11.9 Å². The van der Waals surface area contributed by atoms with E-state index in [0.717, 1.165) is 10.6 Å². The highest BCUT2D eigenvalue weighted by Gasteiger charge is 2.30. The number of anilines is 1. The number of amides is 2. The number of sulfonamides is 1. The zero-order valence-corrected chi connectivity index (χ0v) is 23.3. The highest BCUT2D eigenvalue weighted by Crippen LogP contribution is 2.36. The van der Waals surface area contributed by atoms with Gasteiger partial charge in [0.05, 0.1) is 29.3 Å². The van der Waals surface area contributed by atoms with Gasteiger partial charge >= 0.3 is 12.2 Å². The first-order valence-electron chi connectivity index (χ1n) is 11.7. The number of carbonyl (C=O) groups is 2. The normalized spacial score (nSPS) is 14.1. The van der Waals surface area contributed by atoms with Gasteiger partial charge in [-0.3, -0.25) is 5.32 Å². The van der Waals surface area contributed by atoms with Crippen LogP contribution in [0.15, 0.2) is 23.1 Å². The SMILES string of the molecule is CC(C)OC(=O)Nc1ccc(-c2nc3c(s2)CN(C(=O)OC(C)C)CC3)c(S(=O)(=O)NC(C)(C)C)c1. The molecule has 1 aromatic heterocycles. The fraction of sp³-hybridized carbons (Fsp3) is 0.542. The maximum Gasteiger partial charge on any atom is 0.411 e. The number of thiazole rings is 1. The number of hydrogen-bond acceptors (Lipinski definition) is 8. The van der Waals surface area contributed by atoms with Crippen LogP contribution >= 0.6 is 11.3 Å². The largest absolute Gasteiger partial charge is 0.447 e. The minimum Gasteiger partial charge on any atom is -0.447 e. The number of nitrogens with one attached hydrogen (secondary N) is 2. The molecule has 1 aliphatic heterocycles. The van der Waals surface area contributed by atoms with Crippen molar-refractivity contribution < 1.29 is 27.5 Å². The van der Waals surface area contributed by atoms with Crippen LogP contribution in [0.2, 0.25) is 0 Å². The highest BCUT2D eigenvalue weighted by atomic mass is 32.2. The van der Waals surface area contributed by atoms with Crippen LogP contribution in [-0.2, 0) is 32.5 Å². The van der Waals surface area contributed by atoms with Gasteiger partial charge in [0.25, 0.3) is 0 Å². The number of benzene rings is 1. The van der Waals surface area contributed by atoms with Crippen LogP contribution in [0.4, 0.5) is 15.3 Å². The summed E-state index contributed by atoms with van der Waals surface area (Å²) in [5, 5.41) is 3.10. The molecule has 0 atom stereocenters. The average molecular weight is 539 g/mol. The Kier molecular flexibility index (Phi) is 8.31. The third-order valence-corrected chi connectivity index (χ3v) is 7.77. The average Bonchev–Trinajstić information content (AvgIpc) is 3.14. The molecule has 36 heavy (non-hydrogen) atoms. The van der Waals surface area contributed by atoms with E-state index >= 15 is 0 Å². The van der Waals surface area contributed by atoms with Crippen molar-refractivity contribution in [2.45, 2.75) is 84.1 Å². The summed E-state index contributed by atoms with van der Waals surface area (Å²) in [6, 6.07) is 4.63. The lowest BCUT2D eigenvalue weighted by molar-refractivity contribution is 0.0732. The van der Waals surface area contributed by atoms with Crippen LogP contribution in [0.5, 0.6) is 0 Å². The summed E-state index contributed by atoms with van der Waals surface area (Å²) in [6.45, 7) is 13.1. The fourth-order valence-electron chi connectivity index (χ4n) is 3.56. The van der Waals surface area contributed by atoms with Gasteiger partial charge in [0.1, 0.15) is 5.01 Å². The van der Waals surface area contributed by atoms with Crippen LogP contribution < -0.4 is 10.0 Å². The van der Waals surface area contributed by atoms with Gasteiger partial charge in [-0.15, -0.1) is 11.3 Å². The first-order valence-corrected chi connectivity index (χ1v) is 14.0. The Morgan fingerprint density at radius 3 is 2.39 bits per heavy atom. The summed E-state index contributed by atoms with van der Waals surface area (Å²) in [5.41, 5.74) is 0.793. The predicted octanol–water partition coefficient (Wildman–Crippen LogP) is 4.75. The quantitative estimate of drug-likeness (QED) is 0.543. The van der Waals surface area contributed by atoms with Crippen molar-refractivity contribution in [3.63, 3.8) is 0 Å². The van der Waals surface area contributed by atoms with Crippen LogP contribution in [0.3, 0.4) is 0 Å². The number of aromatic nitrogens is 1. The number of rotatable bonds is 6. The number of hydrogen-bond donors (Lipinski definition) is 2. The van der Waals surface area contributed by atoms with E-state index in [1.54, 1.807) is 65.5 Å². The molecule has 12 heteroatoms. The van der Waals surface area contributed by atoms with E-state index in [-0.39, 0.29) is 28.9 Å². The molecular weight excluding hydrogens is 504 g/mol. The van der Waals surface area contributed by atoms with Gasteiger partial charge in [0, 0.05) is 34.6 Å². The number of ether oxygens (including phenoxy) is 2. The lowest BCUT2D eigenvalue weighted by Gasteiger charge is -2.26. The van der Waals surface area contributed by atoms with Crippen LogP contribution in [0.25, 0.3) is 10.6 Å². The topological polar surface area (TPSA) is 127 Å². The number of nitrogens with zero attached hydrogens (tertiary/aromatic N) is 2. The number of carbonyl (C=O) groups excluding carboxylic acids is 2. The molecule has 1 aromatic carbocycles. The molecule has 0 fully saturated rings. The summed E-state index contributed by atoms with van der Waals surface area (Å²) >= 11 is 1.34. The van der Waals surface area contributed by atoms with Crippen molar-refractivity contribution in [1.29, 1.82) is 0 Å². The molecule has 2 amide bonds. The Balaban J connectivity index is 1.99. The van der Waals surface area contributed by atoms with Gasteiger partial charge in [0.15, 0.2) is 0 Å². The molecule has 0 saturated carbocycles. The summed E-state index contributed by atoms with van der Waals surface area (Å²) in [6.07, 6.45) is -1.06. The molecule has 198 valence electrons. The second-order valence-corrected chi connectivity index (χ2v) is 12.9. The summed E-state index contributed by atoms with van der Waals surface area (Å²) in [5.74, 6) is 0. The van der Waals surface area contributed by atoms with E-state index in [1.165, 1.54) is 17.4 Å². The molecule has 0 radical (unpaired) electrons. The minimum atomic E-state index is -3.98. The molecule has 0 unspecified atom stereocenters. The van der Waals surface area contributed by atoms with E-state index in [1.807, 2.05) is 0 Å². The van der Waals surface area contributed by atoms with Gasteiger partial charge in [-0.2, -0.15) is 0 Å². The summed E-state index contributed by atoms with van der Waals surface area (Å²) in [7, 11) is -3.98. The molecule has 2 aromatic rings. The lowest BCUT2D eigenvalue weighted by atomic mass is 10.1. The van der Waals surface area contributed by atoms with Gasteiger partial charge in [-0.1, -0.05) is 0 Å². The lowest BCUT2D eigenvalue weighted by Crippen LogP contribution is -2.40. The van der Waals surface area contributed by atoms with Crippen molar-refractivity contribution in [3.8, 4) is 10.6 Å². The molecule has 1 aliphatic rings. The van der Waals surface area contributed by atoms with E-state index in [2.05, 4.69) is 10.0 Å². The fourth-order valence-corrected chi connectivity index (χ4v) is 6.44. The van der Waals surface area contributed by atoms with Gasteiger partial charge in [0.2, 0.25) is 10.0 Å². The Morgan fingerprint density at radius 1 is 1.11 bits per heavy atom. The number of fused-ring (bicyclic) bond motifs is 1. The Bertz CT molecular complexity index is 1230. The van der Waals surface area contributed by atoms with Gasteiger partial charge in [-0.05, 0) is 66.7 Å². The highest BCUT2D eigenvalue weighted by molar-refractivity contribution is 7.89. The van der Waals surface area contributed by atoms with Crippen molar-refractivity contribution in [2.24, 2.45) is 0 Å². The van der Waals surface area contributed by atoms with Crippen LogP contribution in [0.1, 0.15) is 59.0 Å². The molecule has 2 heterocycles. The maximum absolute atomic E-state index is 13.4. The zero-order valence-electron chi connectivity index (χ0n) is 21.7. The Hall–Kier alpha value is -2.70. The third kappa shape index (κ3) is 7.17. The van der Waals surface area contributed by atoms with Crippen molar-refractivity contribution in [3.05, 3.63) is 28.8 Å². The Labute approximate surface area is 216 Å². The minimum absolute atomic E-state index is 0.0121. The molecule has 0 aliphatic carbocycles. The smallest absolute Gasteiger partial charge is 0.411 e. The Morgan fingerprint density at radius 2 is 1.78 bits per heavy atom. The summed E-state index contributed by atoms with van der Waals surface area (Å²) < 4.78 is 39.9.